The summed E-state index contributed by atoms with van der Waals surface area (Å²) in [6.45, 7) is 0.153. The molecule has 0 radical (unpaired) electrons. The van der Waals surface area contributed by atoms with Gasteiger partial charge >= 0.3 is 5.69 Å². The first-order valence-electron chi connectivity index (χ1n) is 9.10. The van der Waals surface area contributed by atoms with Crippen molar-refractivity contribution >= 4 is 22.5 Å². The van der Waals surface area contributed by atoms with Crippen molar-refractivity contribution in [1.82, 2.24) is 9.55 Å². The normalized spacial score (nSPS) is 14.1. The average molecular weight is 369 g/mol. The predicted octanol–water partition coefficient (Wildman–Crippen LogP) is 4.23. The molecule has 0 atom stereocenters. The Morgan fingerprint density at radius 2 is 1.96 bits per heavy atom. The number of rotatable bonds is 6. The van der Waals surface area contributed by atoms with Gasteiger partial charge in [-0.3, -0.25) is 4.57 Å². The van der Waals surface area contributed by atoms with Crippen LogP contribution in [0.25, 0.3) is 16.6 Å². The largest absolute Gasteiger partial charge is 0.396 e. The van der Waals surface area contributed by atoms with Crippen molar-refractivity contribution in [2.75, 3.05) is 6.61 Å². The molecule has 1 saturated carbocycles. The second-order valence-electron chi connectivity index (χ2n) is 6.86. The Morgan fingerprint density at radius 1 is 1.15 bits per heavy atom. The zero-order chi connectivity index (χ0) is 18.1. The number of hydrogen-bond acceptors (Lipinski definition) is 3. The van der Waals surface area contributed by atoms with Gasteiger partial charge in [0.2, 0.25) is 0 Å². The fraction of sp³-hybridized carbons (Fsp3) is 0.333. The van der Waals surface area contributed by atoms with Crippen LogP contribution in [0.3, 0.4) is 0 Å². The van der Waals surface area contributed by atoms with Crippen LogP contribution in [-0.2, 0) is 6.42 Å². The maximum Gasteiger partial charge on any atom is 0.352 e. The number of halogens is 1. The second-order valence-corrected chi connectivity index (χ2v) is 7.27. The van der Waals surface area contributed by atoms with E-state index in [2.05, 4.69) is 23.2 Å². The van der Waals surface area contributed by atoms with E-state index < -0.39 is 0 Å². The molecule has 134 valence electrons. The van der Waals surface area contributed by atoms with E-state index in [0.717, 1.165) is 23.0 Å². The van der Waals surface area contributed by atoms with Crippen LogP contribution >= 0.6 is 11.6 Å². The maximum atomic E-state index is 12.9. The average Bonchev–Trinajstić information content (AvgIpc) is 3.48. The molecule has 1 aromatic heterocycles. The molecule has 4 rings (SSSR count). The van der Waals surface area contributed by atoms with Gasteiger partial charge in [0.25, 0.3) is 0 Å². The molecule has 4 nitrogen and oxygen atoms in total. The SMILES string of the molecule is O=c1nc(CCCCO)c2ccc(C3CC3)cc2n1-c1ccccc1Cl. The fourth-order valence-corrected chi connectivity index (χ4v) is 3.66. The van der Waals surface area contributed by atoms with Crippen molar-refractivity contribution in [1.29, 1.82) is 0 Å². The number of nitrogens with zero attached hydrogens (tertiary/aromatic N) is 2. The monoisotopic (exact) mass is 368 g/mol. The zero-order valence-corrected chi connectivity index (χ0v) is 15.2. The van der Waals surface area contributed by atoms with E-state index in [1.807, 2.05) is 18.2 Å². The lowest BCUT2D eigenvalue weighted by Gasteiger charge is -2.15. The quantitative estimate of drug-likeness (QED) is 0.662. The highest BCUT2D eigenvalue weighted by Gasteiger charge is 2.24. The summed E-state index contributed by atoms with van der Waals surface area (Å²) in [5.41, 5.74) is 3.28. The Balaban J connectivity index is 1.94. The molecule has 0 bridgehead atoms. The molecule has 1 aliphatic carbocycles. The summed E-state index contributed by atoms with van der Waals surface area (Å²) < 4.78 is 1.62. The van der Waals surface area contributed by atoms with E-state index in [0.29, 0.717) is 29.5 Å². The van der Waals surface area contributed by atoms with Crippen LogP contribution in [0.5, 0.6) is 0 Å². The Labute approximate surface area is 157 Å². The fourth-order valence-electron chi connectivity index (χ4n) is 3.44. The number of aliphatic hydroxyl groups is 1. The topological polar surface area (TPSA) is 55.1 Å². The minimum Gasteiger partial charge on any atom is -0.396 e. The van der Waals surface area contributed by atoms with Gasteiger partial charge in [-0.2, -0.15) is 4.98 Å². The summed E-state index contributed by atoms with van der Waals surface area (Å²) in [7, 11) is 0. The first-order valence-corrected chi connectivity index (χ1v) is 9.48. The molecule has 26 heavy (non-hydrogen) atoms. The Morgan fingerprint density at radius 3 is 2.69 bits per heavy atom. The number of aryl methyl sites for hydroxylation is 1. The first kappa shape index (κ1) is 17.3. The summed E-state index contributed by atoms with van der Waals surface area (Å²) >= 11 is 6.37. The number of fused-ring (bicyclic) bond motifs is 1. The molecule has 1 heterocycles. The summed E-state index contributed by atoms with van der Waals surface area (Å²) in [5, 5.41) is 10.5. The van der Waals surface area contributed by atoms with Crippen molar-refractivity contribution in [2.24, 2.45) is 0 Å². The summed E-state index contributed by atoms with van der Waals surface area (Å²) in [4.78, 5) is 17.2. The van der Waals surface area contributed by atoms with Gasteiger partial charge in [0.15, 0.2) is 0 Å². The van der Waals surface area contributed by atoms with Gasteiger partial charge in [0, 0.05) is 12.0 Å². The van der Waals surface area contributed by atoms with Crippen molar-refractivity contribution in [3.05, 3.63) is 69.2 Å². The van der Waals surface area contributed by atoms with Crippen LogP contribution in [0.2, 0.25) is 5.02 Å². The van der Waals surface area contributed by atoms with Crippen molar-refractivity contribution in [3.63, 3.8) is 0 Å². The van der Waals surface area contributed by atoms with Crippen LogP contribution in [0, 0.1) is 0 Å². The van der Waals surface area contributed by atoms with Crippen molar-refractivity contribution in [3.8, 4) is 5.69 Å². The van der Waals surface area contributed by atoms with Crippen molar-refractivity contribution < 1.29 is 5.11 Å². The molecule has 1 aliphatic rings. The van der Waals surface area contributed by atoms with Gasteiger partial charge in [-0.05, 0) is 61.8 Å². The van der Waals surface area contributed by atoms with E-state index in [-0.39, 0.29) is 12.3 Å². The first-order chi connectivity index (χ1) is 12.7. The molecule has 0 aliphatic heterocycles. The molecular weight excluding hydrogens is 348 g/mol. The third-order valence-electron chi connectivity index (χ3n) is 4.96. The van der Waals surface area contributed by atoms with Crippen LogP contribution in [-0.4, -0.2) is 21.3 Å². The molecule has 1 fully saturated rings. The minimum absolute atomic E-state index is 0.153. The predicted molar refractivity (Wildman–Crippen MR) is 104 cm³/mol. The number of hydrogen-bond donors (Lipinski definition) is 1. The summed E-state index contributed by atoms with van der Waals surface area (Å²) in [6.07, 6.45) is 4.60. The van der Waals surface area contributed by atoms with Gasteiger partial charge in [0.05, 0.1) is 21.9 Å². The molecule has 0 saturated heterocycles. The highest BCUT2D eigenvalue weighted by molar-refractivity contribution is 6.32. The van der Waals surface area contributed by atoms with E-state index in [1.54, 1.807) is 10.6 Å². The van der Waals surface area contributed by atoms with Crippen LogP contribution in [0.15, 0.2) is 47.3 Å². The molecule has 1 N–H and O–H groups in total. The highest BCUT2D eigenvalue weighted by atomic mass is 35.5. The van der Waals surface area contributed by atoms with E-state index in [9.17, 15) is 4.79 Å². The van der Waals surface area contributed by atoms with Crippen LogP contribution in [0.4, 0.5) is 0 Å². The zero-order valence-electron chi connectivity index (χ0n) is 14.5. The number of unbranched alkanes of at least 4 members (excludes halogenated alkanes) is 1. The Hall–Kier alpha value is -2.17. The number of aliphatic hydroxyl groups excluding tert-OH is 1. The molecular formula is C21H21ClN2O2. The van der Waals surface area contributed by atoms with E-state index in [1.165, 1.54) is 18.4 Å². The maximum absolute atomic E-state index is 12.9. The Bertz CT molecular complexity index is 1010. The van der Waals surface area contributed by atoms with Gasteiger partial charge in [-0.15, -0.1) is 0 Å². The number of para-hydroxylation sites is 1. The molecule has 5 heteroatoms. The Kier molecular flexibility index (Phi) is 4.79. The van der Waals surface area contributed by atoms with Crippen LogP contribution in [0.1, 0.15) is 42.9 Å². The molecule has 0 spiro atoms. The molecule has 0 unspecified atom stereocenters. The van der Waals surface area contributed by atoms with E-state index in [4.69, 9.17) is 16.7 Å². The van der Waals surface area contributed by atoms with E-state index >= 15 is 0 Å². The smallest absolute Gasteiger partial charge is 0.352 e. The van der Waals surface area contributed by atoms with Crippen LogP contribution < -0.4 is 5.69 Å². The third-order valence-corrected chi connectivity index (χ3v) is 5.28. The van der Waals surface area contributed by atoms with Gasteiger partial charge in [-0.25, -0.2) is 4.79 Å². The molecule has 0 amide bonds. The standard InChI is InChI=1S/C21H21ClN2O2/c22-17-5-1-2-7-19(17)24-20-13-15(14-8-9-14)10-11-16(20)18(23-21(24)26)6-3-4-12-25/h1-2,5,7,10-11,13-14,25H,3-4,6,8-9,12H2. The van der Waals surface area contributed by atoms with Gasteiger partial charge < -0.3 is 5.11 Å². The third kappa shape index (κ3) is 3.27. The molecule has 3 aromatic rings. The van der Waals surface area contributed by atoms with Gasteiger partial charge in [0.1, 0.15) is 0 Å². The second kappa shape index (κ2) is 7.22. The lowest BCUT2D eigenvalue weighted by molar-refractivity contribution is 0.284. The summed E-state index contributed by atoms with van der Waals surface area (Å²) in [5.74, 6) is 0.597. The van der Waals surface area contributed by atoms with Crippen molar-refractivity contribution in [2.45, 2.75) is 38.0 Å². The number of aromatic nitrogens is 2. The minimum atomic E-state index is -0.308. The molecule has 2 aromatic carbocycles. The summed E-state index contributed by atoms with van der Waals surface area (Å²) in [6, 6.07) is 13.7. The lowest BCUT2D eigenvalue weighted by atomic mass is 10.0. The highest BCUT2D eigenvalue weighted by Crippen LogP contribution is 2.41. The lowest BCUT2D eigenvalue weighted by Crippen LogP contribution is -2.24. The number of benzene rings is 2. The van der Waals surface area contributed by atoms with Gasteiger partial charge in [-0.1, -0.05) is 35.9 Å².